The van der Waals surface area contributed by atoms with Crippen LogP contribution < -0.4 is 0 Å². The zero-order valence-corrected chi connectivity index (χ0v) is 9.20. The van der Waals surface area contributed by atoms with E-state index in [9.17, 15) is 4.79 Å². The molecule has 0 aromatic rings. The quantitative estimate of drug-likeness (QED) is 0.254. The second-order valence-corrected chi connectivity index (χ2v) is 3.47. The highest BCUT2D eigenvalue weighted by Crippen LogP contribution is 1.99. The summed E-state index contributed by atoms with van der Waals surface area (Å²) in [6.45, 7) is 4.24. The molecule has 0 fully saturated rings. The van der Waals surface area contributed by atoms with Crippen molar-refractivity contribution in [2.24, 2.45) is 0 Å². The van der Waals surface area contributed by atoms with Crippen LogP contribution in [0.3, 0.4) is 0 Å². The summed E-state index contributed by atoms with van der Waals surface area (Å²) in [6.07, 6.45) is 15.1. The van der Waals surface area contributed by atoms with E-state index in [1.807, 2.05) is 6.08 Å². The molecule has 0 rings (SSSR count). The van der Waals surface area contributed by atoms with Crippen LogP contribution in [0.15, 0.2) is 36.0 Å². The Morgan fingerprint density at radius 3 is 1.88 bits per heavy atom. The number of unbranched alkanes of at least 4 members (excludes halogenated alkanes) is 2. The maximum absolute atomic E-state index is 9.93. The van der Waals surface area contributed by atoms with Gasteiger partial charge < -0.3 is 0 Å². The van der Waals surface area contributed by atoms with Gasteiger partial charge in [-0.05, 0) is 45.6 Å². The summed E-state index contributed by atoms with van der Waals surface area (Å²) in [6, 6.07) is 0. The molecule has 0 heterocycles. The Balaban J connectivity index is -0.000000845. The van der Waals surface area contributed by atoms with Gasteiger partial charge in [0.1, 0.15) is 6.29 Å². The molecule has 0 bridgehead atoms. The molecular weight excluding hydrogens is 196 g/mol. The highest BCUT2D eigenvalue weighted by Gasteiger charge is 1.79. The van der Waals surface area contributed by atoms with E-state index in [2.05, 4.69) is 32.1 Å². The van der Waals surface area contributed by atoms with E-state index in [4.69, 9.17) is 0 Å². The summed E-state index contributed by atoms with van der Waals surface area (Å²) in [5.41, 5.74) is 1.38. The van der Waals surface area contributed by atoms with Gasteiger partial charge in [0.2, 0.25) is 0 Å². The molecule has 0 amide bonds. The number of allylic oxidation sites excluding steroid dienone is 6. The van der Waals surface area contributed by atoms with Crippen LogP contribution in [0.25, 0.3) is 0 Å². The molecular formula is C15H28O. The fourth-order valence-electron chi connectivity index (χ4n) is 1.05. The van der Waals surface area contributed by atoms with Crippen LogP contribution in [-0.4, -0.2) is 6.29 Å². The number of hydrogen-bond acceptors (Lipinski definition) is 1. The zero-order chi connectivity index (χ0) is 10.6. The van der Waals surface area contributed by atoms with Crippen LogP contribution in [0, 0.1) is 0 Å². The van der Waals surface area contributed by atoms with Gasteiger partial charge in [-0.25, -0.2) is 0 Å². The van der Waals surface area contributed by atoms with Gasteiger partial charge in [-0.2, -0.15) is 0 Å². The Hall–Kier alpha value is -1.11. The topological polar surface area (TPSA) is 17.1 Å². The summed E-state index contributed by atoms with van der Waals surface area (Å²) in [4.78, 5) is 9.93. The van der Waals surface area contributed by atoms with E-state index >= 15 is 0 Å². The van der Waals surface area contributed by atoms with Gasteiger partial charge in [-0.15, -0.1) is 0 Å². The molecule has 0 aliphatic carbocycles. The minimum absolute atomic E-state index is 0. The molecule has 1 nitrogen and oxygen atoms in total. The largest absolute Gasteiger partial charge is 0.299 e. The van der Waals surface area contributed by atoms with Gasteiger partial charge in [0.05, 0.1) is 0 Å². The number of aldehydes is 1. The minimum atomic E-state index is 0. The fraction of sp³-hybridized carbons (Fsp3) is 0.533. The summed E-state index contributed by atoms with van der Waals surface area (Å²) in [5, 5.41) is 0. The molecule has 0 aromatic heterocycles. The molecule has 0 atom stereocenters. The smallest absolute Gasteiger partial charge is 0.142 e. The number of rotatable bonds is 7. The summed E-state index contributed by atoms with van der Waals surface area (Å²) in [5.74, 6) is 0. The van der Waals surface area contributed by atoms with Crippen LogP contribution in [-0.2, 0) is 4.79 Å². The zero-order valence-electron chi connectivity index (χ0n) is 9.20. The van der Waals surface area contributed by atoms with Crippen molar-refractivity contribution in [2.75, 3.05) is 0 Å². The van der Waals surface area contributed by atoms with E-state index in [0.29, 0.717) is 0 Å². The first-order chi connectivity index (χ1) is 6.77. The Labute approximate surface area is 102 Å². The van der Waals surface area contributed by atoms with Crippen molar-refractivity contribution in [3.05, 3.63) is 36.0 Å². The molecule has 0 aliphatic heterocycles. The molecule has 1 heteroatoms. The summed E-state index contributed by atoms with van der Waals surface area (Å²) >= 11 is 0. The Morgan fingerprint density at radius 2 is 1.38 bits per heavy atom. The van der Waals surface area contributed by atoms with Crippen LogP contribution in [0.2, 0.25) is 0 Å². The SMILES string of the molecule is C.C.CC(C)=CCC/C=C/CC/C=C/C=O. The minimum Gasteiger partial charge on any atom is -0.299 e. The first-order valence-electron chi connectivity index (χ1n) is 5.16. The molecule has 0 spiro atoms. The van der Waals surface area contributed by atoms with Gasteiger partial charge in [0, 0.05) is 0 Å². The van der Waals surface area contributed by atoms with Crippen molar-refractivity contribution in [2.45, 2.75) is 54.4 Å². The molecule has 94 valence electrons. The van der Waals surface area contributed by atoms with Gasteiger partial charge >= 0.3 is 0 Å². The maximum atomic E-state index is 9.93. The molecule has 0 saturated carbocycles. The fourth-order valence-corrected chi connectivity index (χ4v) is 1.05. The molecule has 0 aliphatic rings. The average Bonchev–Trinajstić information content (AvgIpc) is 2.15. The second-order valence-electron chi connectivity index (χ2n) is 3.47. The third-order valence-electron chi connectivity index (χ3n) is 1.77. The van der Waals surface area contributed by atoms with Crippen LogP contribution in [0.4, 0.5) is 0 Å². The first-order valence-corrected chi connectivity index (χ1v) is 5.16. The van der Waals surface area contributed by atoms with Crippen molar-refractivity contribution in [1.82, 2.24) is 0 Å². The van der Waals surface area contributed by atoms with Crippen LogP contribution >= 0.6 is 0 Å². The lowest BCUT2D eigenvalue weighted by molar-refractivity contribution is -0.104. The molecule has 0 unspecified atom stereocenters. The predicted octanol–water partition coefficient (Wildman–Crippen LogP) is 5.10. The third kappa shape index (κ3) is 18.6. The van der Waals surface area contributed by atoms with Crippen molar-refractivity contribution in [1.29, 1.82) is 0 Å². The molecule has 0 saturated heterocycles. The summed E-state index contributed by atoms with van der Waals surface area (Å²) < 4.78 is 0. The molecule has 0 radical (unpaired) electrons. The van der Waals surface area contributed by atoms with Crippen molar-refractivity contribution in [3.63, 3.8) is 0 Å². The summed E-state index contributed by atoms with van der Waals surface area (Å²) in [7, 11) is 0. The van der Waals surface area contributed by atoms with Gasteiger partial charge in [-0.1, -0.05) is 44.7 Å². The normalized spacial score (nSPS) is 9.62. The van der Waals surface area contributed by atoms with Crippen molar-refractivity contribution in [3.8, 4) is 0 Å². The van der Waals surface area contributed by atoms with Crippen molar-refractivity contribution < 1.29 is 4.79 Å². The molecule has 16 heavy (non-hydrogen) atoms. The Bertz CT molecular complexity index is 218. The lowest BCUT2D eigenvalue weighted by Gasteiger charge is -1.89. The maximum Gasteiger partial charge on any atom is 0.142 e. The van der Waals surface area contributed by atoms with Gasteiger partial charge in [0.25, 0.3) is 0 Å². The van der Waals surface area contributed by atoms with Crippen molar-refractivity contribution >= 4 is 6.29 Å². The monoisotopic (exact) mass is 224 g/mol. The predicted molar refractivity (Wildman–Crippen MR) is 75.7 cm³/mol. The lowest BCUT2D eigenvalue weighted by atomic mass is 10.2. The second kappa shape index (κ2) is 16.3. The van der Waals surface area contributed by atoms with E-state index in [0.717, 1.165) is 32.0 Å². The van der Waals surface area contributed by atoms with E-state index in [1.165, 1.54) is 5.57 Å². The standard InChI is InChI=1S/C13H20O.2CH4/c1-13(2)11-9-7-5-3-4-6-8-10-12-14;;/h3,5,8,10-12H,4,6-7,9H2,1-2H3;2*1H4/b5-3+,10-8+;;. The highest BCUT2D eigenvalue weighted by atomic mass is 16.1. The Morgan fingerprint density at radius 1 is 0.875 bits per heavy atom. The van der Waals surface area contributed by atoms with E-state index in [1.54, 1.807) is 6.08 Å². The Kier molecular flexibility index (Phi) is 20.7. The van der Waals surface area contributed by atoms with Crippen LogP contribution in [0.1, 0.15) is 54.4 Å². The van der Waals surface area contributed by atoms with Crippen LogP contribution in [0.5, 0.6) is 0 Å². The molecule has 0 N–H and O–H groups in total. The highest BCUT2D eigenvalue weighted by molar-refractivity contribution is 5.64. The lowest BCUT2D eigenvalue weighted by Crippen LogP contribution is -1.69. The van der Waals surface area contributed by atoms with Gasteiger partial charge in [0.15, 0.2) is 0 Å². The first kappa shape index (κ1) is 20.3. The number of carbonyl (C=O) groups excluding carboxylic acids is 1. The third-order valence-corrected chi connectivity index (χ3v) is 1.77. The van der Waals surface area contributed by atoms with E-state index < -0.39 is 0 Å². The average molecular weight is 224 g/mol. The van der Waals surface area contributed by atoms with Gasteiger partial charge in [-0.3, -0.25) is 4.79 Å². The number of carbonyl (C=O) groups is 1. The van der Waals surface area contributed by atoms with E-state index in [-0.39, 0.29) is 14.9 Å². The number of hydrogen-bond donors (Lipinski definition) is 0. The molecule has 0 aromatic carbocycles.